The molecular weight excluding hydrogens is 250 g/mol. The smallest absolute Gasteiger partial charge is 0.248 e. The normalized spacial score (nSPS) is 17.1. The third-order valence-electron chi connectivity index (χ3n) is 3.46. The summed E-state index contributed by atoms with van der Waals surface area (Å²) in [6.45, 7) is 1.91. The lowest BCUT2D eigenvalue weighted by molar-refractivity contribution is 0.590. The Morgan fingerprint density at radius 3 is 2.50 bits per heavy atom. The molecule has 0 spiro atoms. The number of sulfone groups is 1. The second kappa shape index (κ2) is 4.84. The molecule has 0 amide bonds. The van der Waals surface area contributed by atoms with E-state index in [1.165, 1.54) is 12.8 Å². The molecule has 0 saturated heterocycles. The van der Waals surface area contributed by atoms with Gasteiger partial charge in [-0.25, -0.2) is 18.4 Å². The maximum absolute atomic E-state index is 11.5. The highest BCUT2D eigenvalue weighted by atomic mass is 32.2. The van der Waals surface area contributed by atoms with Gasteiger partial charge in [-0.15, -0.1) is 0 Å². The van der Waals surface area contributed by atoms with Crippen molar-refractivity contribution in [1.82, 2.24) is 9.97 Å². The Kier molecular flexibility index (Phi) is 3.56. The Bertz CT molecular complexity index is 536. The van der Waals surface area contributed by atoms with Gasteiger partial charge in [0.2, 0.25) is 15.0 Å². The van der Waals surface area contributed by atoms with Crippen LogP contribution in [0.4, 0.5) is 5.82 Å². The van der Waals surface area contributed by atoms with Gasteiger partial charge < -0.3 is 4.90 Å². The second-order valence-corrected chi connectivity index (χ2v) is 6.89. The summed E-state index contributed by atoms with van der Waals surface area (Å²) in [4.78, 5) is 10.2. The molecule has 1 saturated carbocycles. The minimum Gasteiger partial charge on any atom is -0.356 e. The topological polar surface area (TPSA) is 63.2 Å². The summed E-state index contributed by atoms with van der Waals surface area (Å²) >= 11 is 0. The Labute approximate surface area is 108 Å². The van der Waals surface area contributed by atoms with E-state index in [9.17, 15) is 8.42 Å². The van der Waals surface area contributed by atoms with Gasteiger partial charge in [0, 0.05) is 31.1 Å². The van der Waals surface area contributed by atoms with Crippen LogP contribution < -0.4 is 4.90 Å². The number of hydrogen-bond donors (Lipinski definition) is 0. The van der Waals surface area contributed by atoms with Crippen LogP contribution in [0.1, 0.15) is 31.2 Å². The van der Waals surface area contributed by atoms with Crippen LogP contribution in [0.2, 0.25) is 0 Å². The highest BCUT2D eigenvalue weighted by molar-refractivity contribution is 7.90. The number of aryl methyl sites for hydroxylation is 1. The van der Waals surface area contributed by atoms with Gasteiger partial charge >= 0.3 is 0 Å². The molecule has 100 valence electrons. The van der Waals surface area contributed by atoms with Crippen molar-refractivity contribution in [2.75, 3.05) is 18.2 Å². The van der Waals surface area contributed by atoms with Crippen molar-refractivity contribution in [3.63, 3.8) is 0 Å². The zero-order valence-electron chi connectivity index (χ0n) is 11.0. The fraction of sp³-hybridized carbons (Fsp3) is 0.667. The molecule has 0 aliphatic heterocycles. The minimum atomic E-state index is -3.35. The fourth-order valence-corrected chi connectivity index (χ4v) is 2.91. The molecule has 0 atom stereocenters. The first-order chi connectivity index (χ1) is 8.39. The van der Waals surface area contributed by atoms with E-state index < -0.39 is 9.84 Å². The van der Waals surface area contributed by atoms with Crippen LogP contribution in [0, 0.1) is 6.92 Å². The standard InChI is InChI=1S/C12H19N3O2S/c1-9-8-13-12(18(3,16)17)14-11(9)15(2)10-6-4-5-7-10/h8,10H,4-7H2,1-3H3. The summed E-state index contributed by atoms with van der Waals surface area (Å²) in [5.41, 5.74) is 0.914. The Morgan fingerprint density at radius 2 is 1.94 bits per heavy atom. The van der Waals surface area contributed by atoms with Gasteiger partial charge in [0.1, 0.15) is 5.82 Å². The van der Waals surface area contributed by atoms with Crippen molar-refractivity contribution in [2.45, 2.75) is 43.8 Å². The van der Waals surface area contributed by atoms with Gasteiger partial charge in [-0.1, -0.05) is 12.8 Å². The summed E-state index contributed by atoms with van der Waals surface area (Å²) in [5, 5.41) is -0.0899. The molecule has 18 heavy (non-hydrogen) atoms. The highest BCUT2D eigenvalue weighted by Crippen LogP contribution is 2.27. The number of anilines is 1. The summed E-state index contributed by atoms with van der Waals surface area (Å²) in [7, 11) is -1.36. The summed E-state index contributed by atoms with van der Waals surface area (Å²) < 4.78 is 23.0. The molecule has 2 rings (SSSR count). The lowest BCUT2D eigenvalue weighted by Crippen LogP contribution is -2.30. The van der Waals surface area contributed by atoms with Gasteiger partial charge in [0.15, 0.2) is 0 Å². The number of rotatable bonds is 3. The van der Waals surface area contributed by atoms with Gasteiger partial charge in [-0.2, -0.15) is 0 Å². The van der Waals surface area contributed by atoms with Crippen molar-refractivity contribution >= 4 is 15.7 Å². The third kappa shape index (κ3) is 2.63. The molecule has 1 fully saturated rings. The Balaban J connectivity index is 2.37. The second-order valence-electron chi connectivity index (χ2n) is 4.98. The van der Waals surface area contributed by atoms with Gasteiger partial charge in [0.25, 0.3) is 0 Å². The van der Waals surface area contributed by atoms with Crippen LogP contribution in [0.3, 0.4) is 0 Å². The number of nitrogens with zero attached hydrogens (tertiary/aromatic N) is 3. The van der Waals surface area contributed by atoms with Crippen LogP contribution in [0.25, 0.3) is 0 Å². The number of hydrogen-bond acceptors (Lipinski definition) is 5. The summed E-state index contributed by atoms with van der Waals surface area (Å²) in [6.07, 6.45) is 7.49. The van der Waals surface area contributed by atoms with Gasteiger partial charge in [0.05, 0.1) is 0 Å². The minimum absolute atomic E-state index is 0.0899. The molecule has 1 aliphatic carbocycles. The molecular formula is C12H19N3O2S. The molecule has 0 unspecified atom stereocenters. The van der Waals surface area contributed by atoms with Crippen molar-refractivity contribution in [2.24, 2.45) is 0 Å². The molecule has 1 aromatic heterocycles. The van der Waals surface area contributed by atoms with E-state index in [4.69, 9.17) is 0 Å². The van der Waals surface area contributed by atoms with Crippen LogP contribution in [0.15, 0.2) is 11.4 Å². The van der Waals surface area contributed by atoms with Crippen molar-refractivity contribution in [1.29, 1.82) is 0 Å². The molecule has 0 aromatic carbocycles. The SMILES string of the molecule is Cc1cnc(S(C)(=O)=O)nc1N(C)C1CCCC1. The van der Waals surface area contributed by atoms with E-state index in [1.54, 1.807) is 6.20 Å². The Hall–Kier alpha value is -1.17. The van der Waals surface area contributed by atoms with E-state index in [0.717, 1.165) is 30.5 Å². The van der Waals surface area contributed by atoms with Crippen molar-refractivity contribution in [3.05, 3.63) is 11.8 Å². The maximum Gasteiger partial charge on any atom is 0.248 e. The highest BCUT2D eigenvalue weighted by Gasteiger charge is 2.23. The van der Waals surface area contributed by atoms with E-state index in [1.807, 2.05) is 14.0 Å². The van der Waals surface area contributed by atoms with Crippen LogP contribution in [-0.2, 0) is 9.84 Å². The monoisotopic (exact) mass is 269 g/mol. The summed E-state index contributed by atoms with van der Waals surface area (Å²) in [6, 6.07) is 0.464. The third-order valence-corrected chi connectivity index (χ3v) is 4.32. The van der Waals surface area contributed by atoms with Gasteiger partial charge in [-0.3, -0.25) is 0 Å². The first-order valence-corrected chi connectivity index (χ1v) is 8.05. The zero-order valence-corrected chi connectivity index (χ0v) is 11.9. The van der Waals surface area contributed by atoms with Crippen molar-refractivity contribution in [3.8, 4) is 0 Å². The molecule has 0 bridgehead atoms. The average Bonchev–Trinajstić information content (AvgIpc) is 2.80. The van der Waals surface area contributed by atoms with Crippen LogP contribution in [-0.4, -0.2) is 37.7 Å². The fourth-order valence-electron chi connectivity index (χ4n) is 2.42. The quantitative estimate of drug-likeness (QED) is 0.779. The lowest BCUT2D eigenvalue weighted by atomic mass is 10.2. The summed E-state index contributed by atoms with van der Waals surface area (Å²) in [5.74, 6) is 0.734. The average molecular weight is 269 g/mol. The Morgan fingerprint density at radius 1 is 1.33 bits per heavy atom. The predicted molar refractivity (Wildman–Crippen MR) is 70.5 cm³/mol. The molecule has 6 heteroatoms. The van der Waals surface area contributed by atoms with E-state index in [-0.39, 0.29) is 5.16 Å². The van der Waals surface area contributed by atoms with Crippen LogP contribution >= 0.6 is 0 Å². The van der Waals surface area contributed by atoms with Gasteiger partial charge in [-0.05, 0) is 19.8 Å². The predicted octanol–water partition coefficient (Wildman–Crippen LogP) is 1.57. The molecule has 1 heterocycles. The van der Waals surface area contributed by atoms with E-state index in [2.05, 4.69) is 14.9 Å². The zero-order chi connectivity index (χ0) is 13.3. The number of aromatic nitrogens is 2. The molecule has 0 N–H and O–H groups in total. The molecule has 0 radical (unpaired) electrons. The van der Waals surface area contributed by atoms with Crippen molar-refractivity contribution < 1.29 is 8.42 Å². The van der Waals surface area contributed by atoms with E-state index in [0.29, 0.717) is 6.04 Å². The lowest BCUT2D eigenvalue weighted by Gasteiger charge is -2.26. The maximum atomic E-state index is 11.5. The molecule has 1 aliphatic rings. The first kappa shape index (κ1) is 13.3. The van der Waals surface area contributed by atoms with E-state index >= 15 is 0 Å². The largest absolute Gasteiger partial charge is 0.356 e. The molecule has 1 aromatic rings. The van der Waals surface area contributed by atoms with Crippen LogP contribution in [0.5, 0.6) is 0 Å². The first-order valence-electron chi connectivity index (χ1n) is 6.16. The molecule has 5 nitrogen and oxygen atoms in total.